The second-order valence-corrected chi connectivity index (χ2v) is 3.79. The molecule has 0 atom stereocenters. The smallest absolute Gasteiger partial charge is 0.302 e. The van der Waals surface area contributed by atoms with E-state index >= 15 is 0 Å². The lowest BCUT2D eigenvalue weighted by Crippen LogP contribution is -2.25. The van der Waals surface area contributed by atoms with Gasteiger partial charge in [-0.3, -0.25) is 19.7 Å². The molecule has 7 heteroatoms. The van der Waals surface area contributed by atoms with Gasteiger partial charge in [-0.25, -0.2) is 5.06 Å². The van der Waals surface area contributed by atoms with Gasteiger partial charge < -0.3 is 4.42 Å². The van der Waals surface area contributed by atoms with Gasteiger partial charge in [-0.1, -0.05) is 0 Å². The summed E-state index contributed by atoms with van der Waals surface area (Å²) >= 11 is 0. The van der Waals surface area contributed by atoms with Crippen LogP contribution in [0.5, 0.6) is 0 Å². The summed E-state index contributed by atoms with van der Waals surface area (Å²) in [5.41, 5.74) is 0.0837. The van der Waals surface area contributed by atoms with Crippen molar-refractivity contribution in [2.24, 2.45) is 5.92 Å². The molecule has 1 heterocycles. The Balaban J connectivity index is 1.99. The van der Waals surface area contributed by atoms with Crippen molar-refractivity contribution in [2.45, 2.75) is 12.8 Å². The summed E-state index contributed by atoms with van der Waals surface area (Å²) in [7, 11) is 2.83. The van der Waals surface area contributed by atoms with E-state index in [0.29, 0.717) is 0 Å². The lowest BCUT2D eigenvalue weighted by atomic mass is 10.4. The van der Waals surface area contributed by atoms with Crippen molar-refractivity contribution < 1.29 is 18.8 Å². The van der Waals surface area contributed by atoms with Gasteiger partial charge in [0, 0.05) is 13.0 Å². The van der Waals surface area contributed by atoms with E-state index < -0.39 is 5.91 Å². The number of amides is 2. The second kappa shape index (κ2) is 4.54. The molecule has 0 bridgehead atoms. The minimum absolute atomic E-state index is 0.0368. The Kier molecular flexibility index (Phi) is 3.10. The van der Waals surface area contributed by atoms with E-state index in [4.69, 9.17) is 9.25 Å². The number of rotatable bonds is 4. The van der Waals surface area contributed by atoms with Crippen molar-refractivity contribution in [1.82, 2.24) is 10.0 Å². The third kappa shape index (κ3) is 2.62. The average Bonchev–Trinajstić information content (AvgIpc) is 3.08. The molecule has 1 aliphatic rings. The van der Waals surface area contributed by atoms with Crippen molar-refractivity contribution >= 4 is 17.8 Å². The molecule has 0 saturated heterocycles. The van der Waals surface area contributed by atoms with Crippen LogP contribution in [-0.4, -0.2) is 36.0 Å². The second-order valence-electron chi connectivity index (χ2n) is 3.79. The van der Waals surface area contributed by atoms with Crippen LogP contribution in [0.4, 0.5) is 6.01 Å². The number of hydrogen-bond donors (Lipinski definition) is 1. The summed E-state index contributed by atoms with van der Waals surface area (Å²) in [5.74, 6) is -0.503. The van der Waals surface area contributed by atoms with E-state index in [9.17, 15) is 9.59 Å². The van der Waals surface area contributed by atoms with Crippen LogP contribution in [0.1, 0.15) is 23.3 Å². The van der Waals surface area contributed by atoms with Crippen molar-refractivity contribution in [3.63, 3.8) is 0 Å². The fourth-order valence-electron chi connectivity index (χ4n) is 1.23. The van der Waals surface area contributed by atoms with Crippen LogP contribution in [0.25, 0.3) is 0 Å². The molecule has 0 spiro atoms. The van der Waals surface area contributed by atoms with Gasteiger partial charge in [0.1, 0.15) is 6.26 Å². The predicted octanol–water partition coefficient (Wildman–Crippen LogP) is 0.656. The van der Waals surface area contributed by atoms with Crippen molar-refractivity contribution in [2.75, 3.05) is 19.5 Å². The first-order chi connectivity index (χ1) is 8.11. The number of anilines is 1. The van der Waals surface area contributed by atoms with Gasteiger partial charge in [0.05, 0.1) is 7.11 Å². The maximum absolute atomic E-state index is 11.6. The summed E-state index contributed by atoms with van der Waals surface area (Å²) in [6, 6.07) is 0.0368. The normalized spacial score (nSPS) is 14.5. The van der Waals surface area contributed by atoms with Crippen LogP contribution < -0.4 is 5.32 Å². The van der Waals surface area contributed by atoms with E-state index in [2.05, 4.69) is 10.3 Å². The van der Waals surface area contributed by atoms with Crippen LogP contribution >= 0.6 is 0 Å². The van der Waals surface area contributed by atoms with E-state index in [1.165, 1.54) is 20.4 Å². The highest BCUT2D eigenvalue weighted by atomic mass is 16.7. The Morgan fingerprint density at radius 2 is 2.29 bits per heavy atom. The van der Waals surface area contributed by atoms with Gasteiger partial charge in [0.15, 0.2) is 5.69 Å². The first kappa shape index (κ1) is 11.6. The first-order valence-corrected chi connectivity index (χ1v) is 5.20. The van der Waals surface area contributed by atoms with Gasteiger partial charge in [-0.15, -0.1) is 0 Å². The number of oxazole rings is 1. The quantitative estimate of drug-likeness (QED) is 0.780. The standard InChI is InChI=1S/C10H13N3O4/c1-13(16-2)9(15)7-5-17-10(11-7)12-8(14)6-3-4-6/h5-6H,3-4H2,1-2H3,(H,11,12,14). The molecule has 1 N–H and O–H groups in total. The van der Waals surface area contributed by atoms with Gasteiger partial charge >= 0.3 is 6.01 Å². The summed E-state index contributed by atoms with van der Waals surface area (Å²) in [6.45, 7) is 0. The molecule has 17 heavy (non-hydrogen) atoms. The molecular weight excluding hydrogens is 226 g/mol. The predicted molar refractivity (Wildman–Crippen MR) is 57.0 cm³/mol. The zero-order valence-corrected chi connectivity index (χ0v) is 9.60. The molecule has 1 fully saturated rings. The molecule has 1 saturated carbocycles. The molecule has 0 unspecified atom stereocenters. The number of hydrogen-bond acceptors (Lipinski definition) is 5. The van der Waals surface area contributed by atoms with Crippen molar-refractivity contribution in [3.8, 4) is 0 Å². The van der Waals surface area contributed by atoms with E-state index in [1.807, 2.05) is 0 Å². The SMILES string of the molecule is CON(C)C(=O)c1coc(NC(=O)C2CC2)n1. The third-order valence-corrected chi connectivity index (χ3v) is 2.46. The number of hydroxylamine groups is 2. The Morgan fingerprint density at radius 1 is 1.59 bits per heavy atom. The topological polar surface area (TPSA) is 84.7 Å². The first-order valence-electron chi connectivity index (χ1n) is 5.20. The molecule has 1 aromatic heterocycles. The Morgan fingerprint density at radius 3 is 2.88 bits per heavy atom. The summed E-state index contributed by atoms with van der Waals surface area (Å²) in [6.07, 6.45) is 2.97. The zero-order valence-electron chi connectivity index (χ0n) is 9.60. The van der Waals surface area contributed by atoms with Gasteiger partial charge in [-0.2, -0.15) is 4.98 Å². The van der Waals surface area contributed by atoms with Crippen LogP contribution in [-0.2, 0) is 9.63 Å². The highest BCUT2D eigenvalue weighted by Crippen LogP contribution is 2.30. The summed E-state index contributed by atoms with van der Waals surface area (Å²) in [5, 5.41) is 3.53. The summed E-state index contributed by atoms with van der Waals surface area (Å²) in [4.78, 5) is 31.6. The Labute approximate surface area is 97.7 Å². The zero-order chi connectivity index (χ0) is 12.4. The number of carbonyl (C=O) groups is 2. The lowest BCUT2D eigenvalue weighted by molar-refractivity contribution is -0.117. The molecule has 0 aromatic carbocycles. The van der Waals surface area contributed by atoms with E-state index in [0.717, 1.165) is 17.9 Å². The van der Waals surface area contributed by atoms with Crippen LogP contribution in [0.2, 0.25) is 0 Å². The fraction of sp³-hybridized carbons (Fsp3) is 0.500. The molecule has 2 amide bonds. The highest BCUT2D eigenvalue weighted by molar-refractivity contribution is 5.94. The minimum atomic E-state index is -0.442. The van der Waals surface area contributed by atoms with Gasteiger partial charge in [-0.05, 0) is 12.8 Å². The van der Waals surface area contributed by atoms with Crippen molar-refractivity contribution in [1.29, 1.82) is 0 Å². The van der Waals surface area contributed by atoms with Crippen LogP contribution in [0.3, 0.4) is 0 Å². The fourth-order valence-corrected chi connectivity index (χ4v) is 1.23. The molecule has 0 aliphatic heterocycles. The molecular formula is C10H13N3O4. The number of nitrogens with one attached hydrogen (secondary N) is 1. The monoisotopic (exact) mass is 239 g/mol. The van der Waals surface area contributed by atoms with E-state index in [-0.39, 0.29) is 23.5 Å². The van der Waals surface area contributed by atoms with Crippen LogP contribution in [0, 0.1) is 5.92 Å². The van der Waals surface area contributed by atoms with Crippen LogP contribution in [0.15, 0.2) is 10.7 Å². The highest BCUT2D eigenvalue weighted by Gasteiger charge is 2.30. The van der Waals surface area contributed by atoms with Gasteiger partial charge in [0.2, 0.25) is 5.91 Å². The summed E-state index contributed by atoms with van der Waals surface area (Å²) < 4.78 is 4.98. The Hall–Kier alpha value is -1.89. The van der Waals surface area contributed by atoms with Crippen molar-refractivity contribution in [3.05, 3.63) is 12.0 Å². The molecule has 1 aliphatic carbocycles. The molecule has 7 nitrogen and oxygen atoms in total. The van der Waals surface area contributed by atoms with E-state index in [1.54, 1.807) is 0 Å². The maximum Gasteiger partial charge on any atom is 0.302 e. The Bertz CT molecular complexity index is 439. The molecule has 2 rings (SSSR count). The minimum Gasteiger partial charge on any atom is -0.431 e. The maximum atomic E-state index is 11.6. The molecule has 0 radical (unpaired) electrons. The molecule has 1 aromatic rings. The number of carbonyl (C=O) groups excluding carboxylic acids is 2. The lowest BCUT2D eigenvalue weighted by Gasteiger charge is -2.10. The number of aromatic nitrogens is 1. The number of nitrogens with zero attached hydrogens (tertiary/aromatic N) is 2. The third-order valence-electron chi connectivity index (χ3n) is 2.46. The van der Waals surface area contributed by atoms with Gasteiger partial charge in [0.25, 0.3) is 5.91 Å². The molecule has 92 valence electrons. The largest absolute Gasteiger partial charge is 0.431 e. The average molecular weight is 239 g/mol.